The van der Waals surface area contributed by atoms with Crippen molar-refractivity contribution in [3.05, 3.63) is 95.0 Å². The predicted octanol–water partition coefficient (Wildman–Crippen LogP) is 5.55. The highest BCUT2D eigenvalue weighted by Gasteiger charge is 2.13. The molecule has 148 valence electrons. The quantitative estimate of drug-likeness (QED) is 0.293. The number of nitrogens with one attached hydrogen (secondary N) is 1. The number of nitrogens with zero attached hydrogens (tertiary/aromatic N) is 1. The smallest absolute Gasteiger partial charge is 0.253 e. The zero-order valence-electron chi connectivity index (χ0n) is 15.9. The predicted molar refractivity (Wildman–Crippen MR) is 120 cm³/mol. The summed E-state index contributed by atoms with van der Waals surface area (Å²) >= 11 is 7.34. The third-order valence-corrected chi connectivity index (χ3v) is 5.39. The number of halogens is 1. The summed E-state index contributed by atoms with van der Waals surface area (Å²) in [5, 5.41) is 4.47. The van der Waals surface area contributed by atoms with E-state index >= 15 is 0 Å². The number of benzene rings is 3. The van der Waals surface area contributed by atoms with Gasteiger partial charge in [0.25, 0.3) is 5.91 Å². The van der Waals surface area contributed by atoms with Gasteiger partial charge in [0.1, 0.15) is 12.4 Å². The molecule has 0 aliphatic rings. The molecule has 29 heavy (non-hydrogen) atoms. The van der Waals surface area contributed by atoms with Crippen LogP contribution in [0.15, 0.2) is 88.9 Å². The lowest BCUT2D eigenvalue weighted by atomic mass is 10.2. The number of ether oxygens (including phenoxy) is 1. The van der Waals surface area contributed by atoms with Gasteiger partial charge in [-0.2, -0.15) is 5.10 Å². The average molecular weight is 425 g/mol. The second-order valence-electron chi connectivity index (χ2n) is 6.26. The summed E-state index contributed by atoms with van der Waals surface area (Å²) in [6, 6.07) is 24.9. The first-order valence-corrected chi connectivity index (χ1v) is 10.4. The lowest BCUT2D eigenvalue weighted by Gasteiger charge is -2.10. The minimum atomic E-state index is -0.294. The Morgan fingerprint density at radius 1 is 1.07 bits per heavy atom. The summed E-state index contributed by atoms with van der Waals surface area (Å²) in [4.78, 5) is 13.3. The number of para-hydroxylation sites is 1. The van der Waals surface area contributed by atoms with E-state index in [1.807, 2.05) is 73.7 Å². The number of thioether (sulfide) groups is 1. The fraction of sp³-hybridized carbons (Fsp3) is 0.130. The van der Waals surface area contributed by atoms with Crippen LogP contribution in [0.2, 0.25) is 5.02 Å². The fourth-order valence-electron chi connectivity index (χ4n) is 2.48. The molecule has 0 aliphatic carbocycles. The van der Waals surface area contributed by atoms with Crippen molar-refractivity contribution in [3.63, 3.8) is 0 Å². The molecule has 0 spiro atoms. The van der Waals surface area contributed by atoms with Gasteiger partial charge in [-0.15, -0.1) is 11.8 Å². The minimum Gasteiger partial charge on any atom is -0.488 e. The number of hydrazone groups is 1. The van der Waals surface area contributed by atoms with E-state index < -0.39 is 0 Å². The van der Waals surface area contributed by atoms with Crippen molar-refractivity contribution in [2.75, 3.05) is 0 Å². The number of rotatable bonds is 8. The number of carbonyl (C=O) groups is 1. The zero-order chi connectivity index (χ0) is 20.5. The first-order chi connectivity index (χ1) is 14.1. The summed E-state index contributed by atoms with van der Waals surface area (Å²) in [5.41, 5.74) is 4.47. The number of amides is 1. The third-order valence-electron chi connectivity index (χ3n) is 4.03. The van der Waals surface area contributed by atoms with Crippen molar-refractivity contribution < 1.29 is 9.53 Å². The Kier molecular flexibility index (Phi) is 7.73. The molecule has 0 bridgehead atoms. The van der Waals surface area contributed by atoms with Gasteiger partial charge < -0.3 is 4.74 Å². The van der Waals surface area contributed by atoms with Crippen LogP contribution in [0, 0.1) is 0 Å². The van der Waals surface area contributed by atoms with E-state index in [1.165, 1.54) is 11.8 Å². The normalized spacial score (nSPS) is 11.9. The summed E-state index contributed by atoms with van der Waals surface area (Å²) in [7, 11) is 0. The fourth-order valence-corrected chi connectivity index (χ4v) is 3.47. The molecule has 0 heterocycles. The molecule has 3 rings (SSSR count). The Balaban J connectivity index is 1.55. The molecule has 0 radical (unpaired) electrons. The van der Waals surface area contributed by atoms with Crippen LogP contribution >= 0.6 is 23.4 Å². The first-order valence-electron chi connectivity index (χ1n) is 9.13. The molecule has 3 aromatic carbocycles. The molecule has 1 amide bonds. The highest BCUT2D eigenvalue weighted by molar-refractivity contribution is 8.00. The van der Waals surface area contributed by atoms with E-state index in [9.17, 15) is 4.79 Å². The molecule has 1 atom stereocenters. The molecule has 4 nitrogen and oxygen atoms in total. The van der Waals surface area contributed by atoms with Crippen LogP contribution in [0.3, 0.4) is 0 Å². The Labute approximate surface area is 179 Å². The highest BCUT2D eigenvalue weighted by Crippen LogP contribution is 2.24. The van der Waals surface area contributed by atoms with Gasteiger partial charge in [-0.1, -0.05) is 54.1 Å². The second kappa shape index (κ2) is 10.7. The summed E-state index contributed by atoms with van der Waals surface area (Å²) in [6.45, 7) is 2.30. The molecule has 3 aromatic rings. The van der Waals surface area contributed by atoms with Gasteiger partial charge in [0.05, 0.1) is 11.5 Å². The molecule has 0 aliphatic heterocycles. The van der Waals surface area contributed by atoms with Crippen molar-refractivity contribution in [1.82, 2.24) is 5.43 Å². The van der Waals surface area contributed by atoms with Crippen molar-refractivity contribution in [3.8, 4) is 5.75 Å². The average Bonchev–Trinajstić information content (AvgIpc) is 2.75. The topological polar surface area (TPSA) is 50.7 Å². The third kappa shape index (κ3) is 6.66. The van der Waals surface area contributed by atoms with Gasteiger partial charge in [-0.3, -0.25) is 4.79 Å². The maximum atomic E-state index is 12.3. The molecule has 6 heteroatoms. The standard InChI is InChI=1S/C23H21ClN2O2S/c1-17(29-21-13-11-20(24)12-14-21)23(27)26-25-15-19-9-5-6-10-22(19)28-16-18-7-3-2-4-8-18/h2-15,17H,16H2,1H3,(H,26,27)/b25-15-/t17-/m1/s1. The highest BCUT2D eigenvalue weighted by atomic mass is 35.5. The molecule has 0 aromatic heterocycles. The zero-order valence-corrected chi connectivity index (χ0v) is 17.5. The van der Waals surface area contributed by atoms with Gasteiger partial charge in [-0.25, -0.2) is 5.43 Å². The molecular formula is C23H21ClN2O2S. The molecule has 0 saturated carbocycles. The summed E-state index contributed by atoms with van der Waals surface area (Å²) in [6.07, 6.45) is 1.60. The van der Waals surface area contributed by atoms with E-state index in [4.69, 9.17) is 16.3 Å². The SMILES string of the molecule is C[C@@H](Sc1ccc(Cl)cc1)C(=O)N/N=C\c1ccccc1OCc1ccccc1. The van der Waals surface area contributed by atoms with Gasteiger partial charge >= 0.3 is 0 Å². The summed E-state index contributed by atoms with van der Waals surface area (Å²) < 4.78 is 5.90. The van der Waals surface area contributed by atoms with Crippen LogP contribution in [0.5, 0.6) is 5.75 Å². The molecule has 0 unspecified atom stereocenters. The number of hydrogen-bond acceptors (Lipinski definition) is 4. The van der Waals surface area contributed by atoms with Crippen LogP contribution in [-0.2, 0) is 11.4 Å². The van der Waals surface area contributed by atoms with Gasteiger partial charge in [0, 0.05) is 15.5 Å². The van der Waals surface area contributed by atoms with E-state index in [0.717, 1.165) is 16.0 Å². The van der Waals surface area contributed by atoms with E-state index in [-0.39, 0.29) is 11.2 Å². The van der Waals surface area contributed by atoms with E-state index in [2.05, 4.69) is 10.5 Å². The van der Waals surface area contributed by atoms with Crippen LogP contribution < -0.4 is 10.2 Å². The van der Waals surface area contributed by atoms with E-state index in [1.54, 1.807) is 18.3 Å². The Morgan fingerprint density at radius 2 is 1.76 bits per heavy atom. The van der Waals surface area contributed by atoms with Gasteiger partial charge in [-0.05, 0) is 48.9 Å². The second-order valence-corrected chi connectivity index (χ2v) is 8.11. The lowest BCUT2D eigenvalue weighted by molar-refractivity contribution is -0.120. The summed E-state index contributed by atoms with van der Waals surface area (Å²) in [5.74, 6) is 0.529. The number of hydrogen-bond donors (Lipinski definition) is 1. The van der Waals surface area contributed by atoms with Crippen molar-refractivity contribution in [2.24, 2.45) is 5.10 Å². The van der Waals surface area contributed by atoms with Gasteiger partial charge in [0.15, 0.2) is 0 Å². The first kappa shape index (κ1) is 21.0. The van der Waals surface area contributed by atoms with Crippen molar-refractivity contribution in [1.29, 1.82) is 0 Å². The lowest BCUT2D eigenvalue weighted by Crippen LogP contribution is -2.26. The van der Waals surface area contributed by atoms with Gasteiger partial charge in [0.2, 0.25) is 0 Å². The maximum absolute atomic E-state index is 12.3. The van der Waals surface area contributed by atoms with Crippen molar-refractivity contribution >= 4 is 35.5 Å². The molecular weight excluding hydrogens is 404 g/mol. The number of carbonyl (C=O) groups excluding carboxylic acids is 1. The van der Waals surface area contributed by atoms with Crippen LogP contribution in [0.4, 0.5) is 0 Å². The largest absolute Gasteiger partial charge is 0.488 e. The van der Waals surface area contributed by atoms with Crippen LogP contribution in [0.25, 0.3) is 0 Å². The monoisotopic (exact) mass is 424 g/mol. The Bertz CT molecular complexity index is 962. The van der Waals surface area contributed by atoms with Crippen LogP contribution in [-0.4, -0.2) is 17.4 Å². The van der Waals surface area contributed by atoms with Crippen LogP contribution in [0.1, 0.15) is 18.1 Å². The molecule has 0 fully saturated rings. The Hall–Kier alpha value is -2.76. The minimum absolute atomic E-state index is 0.177. The van der Waals surface area contributed by atoms with Crippen molar-refractivity contribution in [2.45, 2.75) is 23.7 Å². The molecule has 0 saturated heterocycles. The van der Waals surface area contributed by atoms with E-state index in [0.29, 0.717) is 17.4 Å². The Morgan fingerprint density at radius 3 is 2.52 bits per heavy atom. The maximum Gasteiger partial charge on any atom is 0.253 e. The molecule has 1 N–H and O–H groups in total.